The van der Waals surface area contributed by atoms with E-state index in [1.54, 1.807) is 0 Å². The van der Waals surface area contributed by atoms with Crippen LogP contribution in [-0.4, -0.2) is 32.7 Å². The number of aromatic nitrogens is 2. The van der Waals surface area contributed by atoms with Crippen LogP contribution in [0.3, 0.4) is 0 Å². The van der Waals surface area contributed by atoms with E-state index >= 15 is 0 Å². The van der Waals surface area contributed by atoms with Gasteiger partial charge in [-0.2, -0.15) is 0 Å². The molecule has 0 aliphatic carbocycles. The molecule has 172 valence electrons. The molecule has 0 unspecified atom stereocenters. The third-order valence-electron chi connectivity index (χ3n) is 5.66. The summed E-state index contributed by atoms with van der Waals surface area (Å²) in [5.41, 5.74) is 6.89. The molecule has 1 aliphatic heterocycles. The molecule has 1 aliphatic rings. The first-order chi connectivity index (χ1) is 15.2. The lowest BCUT2D eigenvalue weighted by molar-refractivity contribution is 0.0223. The Balaban J connectivity index is 0.00000141. The lowest BCUT2D eigenvalue weighted by atomic mass is 10.0. The number of rotatable bonds is 3. The van der Waals surface area contributed by atoms with E-state index in [1.165, 1.54) is 33.3 Å². The van der Waals surface area contributed by atoms with Crippen molar-refractivity contribution in [1.82, 2.24) is 14.5 Å². The van der Waals surface area contributed by atoms with Gasteiger partial charge in [0.25, 0.3) is 0 Å². The lowest BCUT2D eigenvalue weighted by Crippen LogP contribution is -2.40. The van der Waals surface area contributed by atoms with Crippen LogP contribution in [-0.2, 0) is 30.7 Å². The first-order valence-corrected chi connectivity index (χ1v) is 11.7. The Labute approximate surface area is 192 Å². The van der Waals surface area contributed by atoms with Gasteiger partial charge in [0.15, 0.2) is 0 Å². The fourth-order valence-corrected chi connectivity index (χ4v) is 4.19. The van der Waals surface area contributed by atoms with Gasteiger partial charge in [0.2, 0.25) is 0 Å². The van der Waals surface area contributed by atoms with Crippen molar-refractivity contribution in [2.75, 3.05) is 6.54 Å². The standard InChI is InChI=1S/C25H31N3O2.C2H6/c1-17-6-9-22-20(14-17)21-16-27(24(29)30-25(3,4)5)12-11-23(21)28(22)13-10-19-8-7-18(2)26-15-19;1-2/h6-9,14-15H,10-13,16H2,1-5H3;1-2H3. The van der Waals surface area contributed by atoms with Crippen LogP contribution in [0.5, 0.6) is 0 Å². The number of ether oxygens (including phenoxy) is 1. The zero-order chi connectivity index (χ0) is 23.5. The highest BCUT2D eigenvalue weighted by Crippen LogP contribution is 2.32. The minimum absolute atomic E-state index is 0.229. The molecule has 0 atom stereocenters. The number of nitrogens with zero attached hydrogens (tertiary/aromatic N) is 3. The minimum Gasteiger partial charge on any atom is -0.444 e. The highest BCUT2D eigenvalue weighted by atomic mass is 16.6. The normalized spacial score (nSPS) is 13.4. The van der Waals surface area contributed by atoms with Crippen molar-refractivity contribution < 1.29 is 9.53 Å². The zero-order valence-electron chi connectivity index (χ0n) is 20.7. The number of hydrogen-bond donors (Lipinski definition) is 0. The lowest BCUT2D eigenvalue weighted by Gasteiger charge is -2.30. The van der Waals surface area contributed by atoms with Gasteiger partial charge in [-0.25, -0.2) is 4.79 Å². The monoisotopic (exact) mass is 435 g/mol. The summed E-state index contributed by atoms with van der Waals surface area (Å²) in [5.74, 6) is 0. The van der Waals surface area contributed by atoms with Gasteiger partial charge >= 0.3 is 6.09 Å². The van der Waals surface area contributed by atoms with Crippen LogP contribution in [0.1, 0.15) is 62.7 Å². The second-order valence-corrected chi connectivity index (χ2v) is 9.31. The Hall–Kier alpha value is -2.82. The van der Waals surface area contributed by atoms with E-state index < -0.39 is 5.60 Å². The molecule has 0 saturated carbocycles. The maximum atomic E-state index is 12.7. The predicted molar refractivity (Wildman–Crippen MR) is 131 cm³/mol. The largest absolute Gasteiger partial charge is 0.444 e. The van der Waals surface area contributed by atoms with Crippen molar-refractivity contribution in [3.05, 3.63) is 64.6 Å². The molecule has 5 heteroatoms. The summed E-state index contributed by atoms with van der Waals surface area (Å²) in [5, 5.41) is 1.25. The second-order valence-electron chi connectivity index (χ2n) is 9.31. The number of hydrogen-bond acceptors (Lipinski definition) is 3. The molecule has 4 rings (SSSR count). The summed E-state index contributed by atoms with van der Waals surface area (Å²) < 4.78 is 8.06. The van der Waals surface area contributed by atoms with Crippen molar-refractivity contribution in [2.24, 2.45) is 0 Å². The predicted octanol–water partition coefficient (Wildman–Crippen LogP) is 6.22. The van der Waals surface area contributed by atoms with Gasteiger partial charge in [0, 0.05) is 53.6 Å². The highest BCUT2D eigenvalue weighted by molar-refractivity contribution is 5.87. The molecule has 0 bridgehead atoms. The Morgan fingerprint density at radius 1 is 1.12 bits per heavy atom. The molecule has 0 radical (unpaired) electrons. The molecule has 1 aromatic carbocycles. The second kappa shape index (κ2) is 9.76. The van der Waals surface area contributed by atoms with Crippen LogP contribution >= 0.6 is 0 Å². The third kappa shape index (κ3) is 5.32. The zero-order valence-corrected chi connectivity index (χ0v) is 20.7. The number of fused-ring (bicyclic) bond motifs is 3. The van der Waals surface area contributed by atoms with Gasteiger partial charge < -0.3 is 14.2 Å². The SMILES string of the molecule is CC.Cc1ccc2c(c1)c1c(n2CCc2ccc(C)nc2)CCN(C(=O)OC(C)(C)C)C1. The molecule has 2 aromatic heterocycles. The smallest absolute Gasteiger partial charge is 0.410 e. The maximum Gasteiger partial charge on any atom is 0.410 e. The average Bonchev–Trinajstić information content (AvgIpc) is 3.06. The summed E-state index contributed by atoms with van der Waals surface area (Å²) in [7, 11) is 0. The Morgan fingerprint density at radius 3 is 2.53 bits per heavy atom. The molecule has 5 nitrogen and oxygen atoms in total. The Bertz CT molecular complexity index is 1070. The molecule has 32 heavy (non-hydrogen) atoms. The van der Waals surface area contributed by atoms with Gasteiger partial charge in [-0.3, -0.25) is 4.98 Å². The van der Waals surface area contributed by atoms with Crippen LogP contribution < -0.4 is 0 Å². The Morgan fingerprint density at radius 2 is 1.88 bits per heavy atom. The van der Waals surface area contributed by atoms with E-state index in [0.717, 1.165) is 25.1 Å². The van der Waals surface area contributed by atoms with E-state index in [0.29, 0.717) is 13.1 Å². The maximum absolute atomic E-state index is 12.7. The van der Waals surface area contributed by atoms with E-state index in [9.17, 15) is 4.79 Å². The molecular weight excluding hydrogens is 398 g/mol. The van der Waals surface area contributed by atoms with Crippen molar-refractivity contribution in [1.29, 1.82) is 0 Å². The number of amides is 1. The number of carbonyl (C=O) groups excluding carboxylic acids is 1. The fourth-order valence-electron chi connectivity index (χ4n) is 4.19. The van der Waals surface area contributed by atoms with Gasteiger partial charge in [-0.05, 0) is 64.8 Å². The molecule has 0 saturated heterocycles. The number of benzene rings is 1. The minimum atomic E-state index is -0.482. The van der Waals surface area contributed by atoms with Crippen molar-refractivity contribution in [3.63, 3.8) is 0 Å². The summed E-state index contributed by atoms with van der Waals surface area (Å²) in [6, 6.07) is 10.9. The van der Waals surface area contributed by atoms with E-state index in [4.69, 9.17) is 4.74 Å². The topological polar surface area (TPSA) is 47.4 Å². The first-order valence-electron chi connectivity index (χ1n) is 11.7. The fraction of sp³-hybridized carbons (Fsp3) is 0.481. The molecular formula is C27H37N3O2. The number of carbonyl (C=O) groups is 1. The van der Waals surface area contributed by atoms with Crippen LogP contribution in [0.15, 0.2) is 36.5 Å². The third-order valence-corrected chi connectivity index (χ3v) is 5.66. The van der Waals surface area contributed by atoms with Crippen molar-refractivity contribution in [2.45, 2.75) is 80.0 Å². The van der Waals surface area contributed by atoms with Gasteiger partial charge in [0.05, 0.1) is 6.54 Å². The molecule has 0 spiro atoms. The van der Waals surface area contributed by atoms with Gasteiger partial charge in [-0.1, -0.05) is 31.5 Å². The van der Waals surface area contributed by atoms with Crippen LogP contribution in [0, 0.1) is 13.8 Å². The number of pyridine rings is 1. The first kappa shape index (κ1) is 23.8. The quantitative estimate of drug-likeness (QED) is 0.491. The van der Waals surface area contributed by atoms with Crippen LogP contribution in [0.25, 0.3) is 10.9 Å². The molecule has 0 fully saturated rings. The summed E-state index contributed by atoms with van der Waals surface area (Å²) in [6.07, 6.45) is 3.52. The Kier molecular flexibility index (Phi) is 7.27. The molecule has 1 amide bonds. The van der Waals surface area contributed by atoms with Crippen LogP contribution in [0.4, 0.5) is 4.79 Å². The van der Waals surface area contributed by atoms with E-state index in [1.807, 2.05) is 52.6 Å². The summed E-state index contributed by atoms with van der Waals surface area (Å²) in [4.78, 5) is 18.9. The van der Waals surface area contributed by atoms with Crippen molar-refractivity contribution >= 4 is 17.0 Å². The molecule has 3 heterocycles. The van der Waals surface area contributed by atoms with E-state index in [2.05, 4.69) is 46.8 Å². The highest BCUT2D eigenvalue weighted by Gasteiger charge is 2.29. The van der Waals surface area contributed by atoms with Gasteiger partial charge in [-0.15, -0.1) is 0 Å². The average molecular weight is 436 g/mol. The van der Waals surface area contributed by atoms with Crippen molar-refractivity contribution in [3.8, 4) is 0 Å². The van der Waals surface area contributed by atoms with Crippen LogP contribution in [0.2, 0.25) is 0 Å². The van der Waals surface area contributed by atoms with E-state index in [-0.39, 0.29) is 6.09 Å². The summed E-state index contributed by atoms with van der Waals surface area (Å²) in [6.45, 7) is 16.1. The molecule has 0 N–H and O–H groups in total. The molecule has 3 aromatic rings. The summed E-state index contributed by atoms with van der Waals surface area (Å²) >= 11 is 0. The van der Waals surface area contributed by atoms with Gasteiger partial charge in [0.1, 0.15) is 5.60 Å². The number of aryl methyl sites for hydroxylation is 4.